The Labute approximate surface area is 199 Å². The van der Waals surface area contributed by atoms with E-state index in [1.54, 1.807) is 0 Å². The van der Waals surface area contributed by atoms with Gasteiger partial charge in [0.1, 0.15) is 0 Å². The third kappa shape index (κ3) is 2.31. The quantitative estimate of drug-likeness (QED) is 0.202. The van der Waals surface area contributed by atoms with Crippen molar-refractivity contribution in [2.75, 3.05) is 0 Å². The molecule has 0 bridgehead atoms. The largest absolute Gasteiger partial charge is 0.134 e. The molecule has 0 aliphatic heterocycles. The predicted octanol–water partition coefficient (Wildman–Crippen LogP) is 10.6. The molecule has 0 spiro atoms. The minimum absolute atomic E-state index is 1.34. The van der Waals surface area contributed by atoms with Gasteiger partial charge in [-0.1, -0.05) is 23.3 Å². The number of aryl methyl sites for hydroxylation is 2. The van der Waals surface area contributed by atoms with Gasteiger partial charge < -0.3 is 0 Å². The monoisotopic (exact) mass is 480 g/mol. The second kappa shape index (κ2) is 6.09. The van der Waals surface area contributed by atoms with Crippen LogP contribution < -0.4 is 0 Å². The van der Waals surface area contributed by atoms with E-state index in [2.05, 4.69) is 74.5 Å². The average Bonchev–Trinajstić information content (AvgIpc) is 3.49. The van der Waals surface area contributed by atoms with E-state index in [0.717, 1.165) is 0 Å². The minimum Gasteiger partial charge on any atom is -0.134 e. The molecule has 8 rings (SSSR count). The molecule has 0 N–H and O–H groups in total. The molecule has 32 heavy (non-hydrogen) atoms. The molecule has 4 aromatic carbocycles. The first-order chi connectivity index (χ1) is 15.6. The Bertz CT molecular complexity index is 1910. The van der Waals surface area contributed by atoms with E-state index in [4.69, 9.17) is 0 Å². The van der Waals surface area contributed by atoms with Crippen LogP contribution in [-0.4, -0.2) is 0 Å². The third-order valence-electron chi connectivity index (χ3n) is 6.55. The number of rotatable bonds is 0. The van der Waals surface area contributed by atoms with Crippen molar-refractivity contribution in [3.8, 4) is 0 Å². The van der Waals surface area contributed by atoms with Gasteiger partial charge in [-0.15, -0.1) is 45.3 Å². The average molecular weight is 481 g/mol. The van der Waals surface area contributed by atoms with E-state index in [0.29, 0.717) is 0 Å². The van der Waals surface area contributed by atoms with Crippen molar-refractivity contribution in [3.05, 3.63) is 71.8 Å². The van der Waals surface area contributed by atoms with Gasteiger partial charge in [-0.2, -0.15) is 0 Å². The second-order valence-electron chi connectivity index (χ2n) is 8.77. The molecule has 0 unspecified atom stereocenters. The van der Waals surface area contributed by atoms with Gasteiger partial charge in [0.2, 0.25) is 0 Å². The molecule has 4 aromatic heterocycles. The molecule has 0 atom stereocenters. The lowest BCUT2D eigenvalue weighted by atomic mass is 10.1. The number of benzene rings is 4. The summed E-state index contributed by atoms with van der Waals surface area (Å²) in [5.74, 6) is 0. The topological polar surface area (TPSA) is 0 Å². The molecule has 0 saturated carbocycles. The fraction of sp³-hybridized carbons (Fsp3) is 0.0714. The molecule has 0 aliphatic rings. The smallest absolute Gasteiger partial charge is 0.0542 e. The minimum atomic E-state index is 1.34. The van der Waals surface area contributed by atoms with Crippen LogP contribution in [0.25, 0.3) is 69.9 Å². The van der Waals surface area contributed by atoms with Crippen LogP contribution in [0.4, 0.5) is 0 Å². The standard InChI is InChI=1S/C28H16S4/c1-13-3-5-21-17(7-13)25-27(29-21)19-9-15-12-24-20(10-16(15)11-23(19)31-25)28-26(32-24)18-8-14(2)4-6-22(18)30-28/h3-12H,1-2H3. The number of thiophene rings is 4. The highest BCUT2D eigenvalue weighted by Crippen LogP contribution is 2.48. The van der Waals surface area contributed by atoms with Gasteiger partial charge in [0.25, 0.3) is 0 Å². The first-order valence-electron chi connectivity index (χ1n) is 10.7. The van der Waals surface area contributed by atoms with Gasteiger partial charge in [-0.3, -0.25) is 0 Å². The van der Waals surface area contributed by atoms with Gasteiger partial charge >= 0.3 is 0 Å². The summed E-state index contributed by atoms with van der Waals surface area (Å²) in [5.41, 5.74) is 2.67. The molecule has 0 radical (unpaired) electrons. The van der Waals surface area contributed by atoms with E-state index in [9.17, 15) is 0 Å². The molecule has 4 heterocycles. The van der Waals surface area contributed by atoms with Gasteiger partial charge in [0.15, 0.2) is 0 Å². The summed E-state index contributed by atoms with van der Waals surface area (Å²) in [4.78, 5) is 0. The summed E-state index contributed by atoms with van der Waals surface area (Å²) >= 11 is 7.79. The summed E-state index contributed by atoms with van der Waals surface area (Å²) in [6, 6.07) is 23.4. The zero-order valence-corrected chi connectivity index (χ0v) is 20.7. The fourth-order valence-corrected chi connectivity index (χ4v) is 10.3. The van der Waals surface area contributed by atoms with Crippen LogP contribution in [0, 0.1) is 13.8 Å². The molecule has 0 saturated heterocycles. The summed E-state index contributed by atoms with van der Waals surface area (Å²) in [6.45, 7) is 4.38. The van der Waals surface area contributed by atoms with Crippen molar-refractivity contribution < 1.29 is 0 Å². The van der Waals surface area contributed by atoms with Crippen molar-refractivity contribution in [1.82, 2.24) is 0 Å². The zero-order valence-electron chi connectivity index (χ0n) is 17.4. The van der Waals surface area contributed by atoms with E-state index in [1.807, 2.05) is 45.3 Å². The van der Waals surface area contributed by atoms with Crippen molar-refractivity contribution >= 4 is 115 Å². The summed E-state index contributed by atoms with van der Waals surface area (Å²) < 4.78 is 11.4. The normalized spacial score (nSPS) is 12.7. The van der Waals surface area contributed by atoms with Crippen LogP contribution in [0.2, 0.25) is 0 Å². The lowest BCUT2D eigenvalue weighted by Gasteiger charge is -2.00. The zero-order chi connectivity index (χ0) is 21.1. The Morgan fingerprint density at radius 1 is 0.406 bits per heavy atom. The van der Waals surface area contributed by atoms with E-state index in [1.165, 1.54) is 81.0 Å². The van der Waals surface area contributed by atoms with Crippen LogP contribution >= 0.6 is 45.3 Å². The first kappa shape index (κ1) is 18.0. The molecular formula is C28H16S4. The van der Waals surface area contributed by atoms with Crippen molar-refractivity contribution in [2.45, 2.75) is 13.8 Å². The first-order valence-corrected chi connectivity index (χ1v) is 13.9. The number of hydrogen-bond donors (Lipinski definition) is 0. The fourth-order valence-electron chi connectivity index (χ4n) is 4.99. The van der Waals surface area contributed by atoms with Crippen molar-refractivity contribution in [3.63, 3.8) is 0 Å². The highest BCUT2D eigenvalue weighted by atomic mass is 32.1. The van der Waals surface area contributed by atoms with E-state index >= 15 is 0 Å². The number of fused-ring (bicyclic) bond motifs is 11. The summed E-state index contributed by atoms with van der Waals surface area (Å²) in [5, 5.41) is 8.36. The van der Waals surface area contributed by atoms with Gasteiger partial charge in [-0.05, 0) is 73.2 Å². The molecule has 0 aliphatic carbocycles. The molecule has 8 aromatic rings. The lowest BCUT2D eigenvalue weighted by Crippen LogP contribution is -1.73. The third-order valence-corrected chi connectivity index (χ3v) is 11.6. The van der Waals surface area contributed by atoms with Crippen LogP contribution in [0.1, 0.15) is 11.1 Å². The van der Waals surface area contributed by atoms with Crippen LogP contribution in [-0.2, 0) is 0 Å². The predicted molar refractivity (Wildman–Crippen MR) is 150 cm³/mol. The molecular weight excluding hydrogens is 465 g/mol. The molecule has 4 heteroatoms. The Morgan fingerprint density at radius 3 is 1.22 bits per heavy atom. The maximum Gasteiger partial charge on any atom is 0.0542 e. The molecule has 152 valence electrons. The lowest BCUT2D eigenvalue weighted by molar-refractivity contribution is 1.52. The highest BCUT2D eigenvalue weighted by molar-refractivity contribution is 7.37. The van der Waals surface area contributed by atoms with Gasteiger partial charge in [0.05, 0.1) is 18.8 Å². The maximum absolute atomic E-state index is 2.43. The Balaban J connectivity index is 1.47. The highest BCUT2D eigenvalue weighted by Gasteiger charge is 2.16. The maximum atomic E-state index is 2.43. The summed E-state index contributed by atoms with van der Waals surface area (Å²) in [7, 11) is 0. The molecule has 0 nitrogen and oxygen atoms in total. The Morgan fingerprint density at radius 2 is 0.781 bits per heavy atom. The molecule has 0 fully saturated rings. The van der Waals surface area contributed by atoms with Gasteiger partial charge in [0, 0.05) is 40.3 Å². The van der Waals surface area contributed by atoms with Gasteiger partial charge in [-0.25, -0.2) is 0 Å². The Kier molecular flexibility index (Phi) is 3.42. The van der Waals surface area contributed by atoms with Crippen LogP contribution in [0.15, 0.2) is 60.7 Å². The van der Waals surface area contributed by atoms with E-state index in [-0.39, 0.29) is 0 Å². The second-order valence-corrected chi connectivity index (χ2v) is 13.0. The van der Waals surface area contributed by atoms with Crippen molar-refractivity contribution in [1.29, 1.82) is 0 Å². The van der Waals surface area contributed by atoms with Crippen molar-refractivity contribution in [2.24, 2.45) is 0 Å². The SMILES string of the molecule is Cc1ccc2sc3c4cc5cc6sc7c8cc(C)ccc8sc7c6cc5cc4sc3c2c1. The summed E-state index contributed by atoms with van der Waals surface area (Å²) in [6.07, 6.45) is 0. The van der Waals surface area contributed by atoms with Crippen LogP contribution in [0.5, 0.6) is 0 Å². The van der Waals surface area contributed by atoms with E-state index < -0.39 is 0 Å². The molecule has 0 amide bonds. The number of hydrogen-bond acceptors (Lipinski definition) is 4. The van der Waals surface area contributed by atoms with Crippen LogP contribution in [0.3, 0.4) is 0 Å². The Hall–Kier alpha value is -2.50.